The van der Waals surface area contributed by atoms with E-state index in [-0.39, 0.29) is 0 Å². The van der Waals surface area contributed by atoms with E-state index in [1.807, 2.05) is 6.92 Å². The Morgan fingerprint density at radius 3 is 3.18 bits per heavy atom. The molecular formula is C12H17ClN4. The molecule has 1 N–H and O–H groups in total. The SMILES string of the molecule is Cc1cnc(Cl)nc1NC1CCN2CCCC12. The van der Waals surface area contributed by atoms with E-state index >= 15 is 0 Å². The molecule has 0 aromatic carbocycles. The summed E-state index contributed by atoms with van der Waals surface area (Å²) in [5.41, 5.74) is 1.06. The number of nitrogens with zero attached hydrogens (tertiary/aromatic N) is 3. The molecule has 2 aliphatic heterocycles. The highest BCUT2D eigenvalue weighted by Gasteiger charge is 2.37. The molecule has 2 unspecified atom stereocenters. The lowest BCUT2D eigenvalue weighted by molar-refractivity contribution is 0.318. The maximum Gasteiger partial charge on any atom is 0.224 e. The monoisotopic (exact) mass is 252 g/mol. The van der Waals surface area contributed by atoms with Gasteiger partial charge in [-0.1, -0.05) is 0 Å². The summed E-state index contributed by atoms with van der Waals surface area (Å²) in [5.74, 6) is 0.892. The Balaban J connectivity index is 1.76. The van der Waals surface area contributed by atoms with Crippen LogP contribution in [0.15, 0.2) is 6.20 Å². The van der Waals surface area contributed by atoms with Crippen LogP contribution in [0.2, 0.25) is 5.28 Å². The number of nitrogens with one attached hydrogen (secondary N) is 1. The van der Waals surface area contributed by atoms with E-state index in [0.29, 0.717) is 17.4 Å². The Morgan fingerprint density at radius 1 is 1.41 bits per heavy atom. The van der Waals surface area contributed by atoms with Crippen molar-refractivity contribution in [1.82, 2.24) is 14.9 Å². The molecule has 2 saturated heterocycles. The zero-order chi connectivity index (χ0) is 11.8. The van der Waals surface area contributed by atoms with Gasteiger partial charge in [-0.2, -0.15) is 0 Å². The molecule has 2 aliphatic rings. The maximum absolute atomic E-state index is 5.84. The van der Waals surface area contributed by atoms with E-state index in [0.717, 1.165) is 11.4 Å². The third kappa shape index (κ3) is 2.11. The van der Waals surface area contributed by atoms with Crippen molar-refractivity contribution in [2.45, 2.75) is 38.3 Å². The highest BCUT2D eigenvalue weighted by atomic mass is 35.5. The van der Waals surface area contributed by atoms with E-state index in [2.05, 4.69) is 20.2 Å². The van der Waals surface area contributed by atoms with Crippen LogP contribution in [0.3, 0.4) is 0 Å². The Labute approximate surface area is 106 Å². The lowest BCUT2D eigenvalue weighted by atomic mass is 10.1. The first-order valence-corrected chi connectivity index (χ1v) is 6.61. The van der Waals surface area contributed by atoms with Crippen molar-refractivity contribution >= 4 is 17.4 Å². The van der Waals surface area contributed by atoms with E-state index in [1.165, 1.54) is 32.4 Å². The van der Waals surface area contributed by atoms with Crippen LogP contribution in [0.4, 0.5) is 5.82 Å². The number of halogens is 1. The van der Waals surface area contributed by atoms with Crippen LogP contribution >= 0.6 is 11.6 Å². The predicted octanol–water partition coefficient (Wildman–Crippen LogP) is 2.09. The molecule has 4 nitrogen and oxygen atoms in total. The van der Waals surface area contributed by atoms with Gasteiger partial charge in [0.25, 0.3) is 0 Å². The van der Waals surface area contributed by atoms with Crippen LogP contribution in [0.25, 0.3) is 0 Å². The quantitative estimate of drug-likeness (QED) is 0.819. The summed E-state index contributed by atoms with van der Waals surface area (Å²) in [5, 5.41) is 3.86. The Bertz CT molecular complexity index is 423. The molecule has 3 rings (SSSR count). The Morgan fingerprint density at radius 2 is 2.29 bits per heavy atom. The van der Waals surface area contributed by atoms with Crippen LogP contribution in [-0.2, 0) is 0 Å². The molecule has 1 aromatic rings. The normalized spacial score (nSPS) is 28.4. The van der Waals surface area contributed by atoms with Gasteiger partial charge in [0, 0.05) is 30.4 Å². The van der Waals surface area contributed by atoms with Gasteiger partial charge in [0.2, 0.25) is 5.28 Å². The van der Waals surface area contributed by atoms with Crippen molar-refractivity contribution in [3.8, 4) is 0 Å². The molecule has 17 heavy (non-hydrogen) atoms. The lowest BCUT2D eigenvalue weighted by Gasteiger charge is -2.22. The predicted molar refractivity (Wildman–Crippen MR) is 68.4 cm³/mol. The minimum absolute atomic E-state index is 0.319. The first-order valence-electron chi connectivity index (χ1n) is 6.24. The molecule has 2 atom stereocenters. The minimum atomic E-state index is 0.319. The summed E-state index contributed by atoms with van der Waals surface area (Å²) in [6.07, 6.45) is 5.60. The van der Waals surface area contributed by atoms with Crippen molar-refractivity contribution in [2.75, 3.05) is 18.4 Å². The van der Waals surface area contributed by atoms with Crippen LogP contribution in [0.5, 0.6) is 0 Å². The summed E-state index contributed by atoms with van der Waals surface area (Å²) < 4.78 is 0. The van der Waals surface area contributed by atoms with Crippen LogP contribution in [0, 0.1) is 6.92 Å². The summed E-state index contributed by atoms with van der Waals surface area (Å²) >= 11 is 5.84. The van der Waals surface area contributed by atoms with Crippen molar-refractivity contribution in [1.29, 1.82) is 0 Å². The molecule has 0 bridgehead atoms. The smallest absolute Gasteiger partial charge is 0.224 e. The van der Waals surface area contributed by atoms with Gasteiger partial charge < -0.3 is 5.32 Å². The molecule has 92 valence electrons. The van der Waals surface area contributed by atoms with Crippen molar-refractivity contribution < 1.29 is 0 Å². The topological polar surface area (TPSA) is 41.1 Å². The molecule has 0 aliphatic carbocycles. The van der Waals surface area contributed by atoms with Gasteiger partial charge in [0.15, 0.2) is 0 Å². The minimum Gasteiger partial charge on any atom is -0.365 e. The maximum atomic E-state index is 5.84. The van der Waals surface area contributed by atoms with Crippen molar-refractivity contribution in [2.24, 2.45) is 0 Å². The first kappa shape index (κ1) is 11.2. The molecule has 3 heterocycles. The fourth-order valence-electron chi connectivity index (χ4n) is 2.99. The third-order valence-corrected chi connectivity index (χ3v) is 4.05. The largest absolute Gasteiger partial charge is 0.365 e. The molecule has 0 radical (unpaired) electrons. The second-order valence-electron chi connectivity index (χ2n) is 4.96. The fourth-order valence-corrected chi connectivity index (χ4v) is 3.13. The average molecular weight is 253 g/mol. The summed E-state index contributed by atoms with van der Waals surface area (Å²) in [6, 6.07) is 1.20. The van der Waals surface area contributed by atoms with Gasteiger partial charge in [-0.25, -0.2) is 9.97 Å². The zero-order valence-electron chi connectivity index (χ0n) is 9.99. The summed E-state index contributed by atoms with van der Waals surface area (Å²) in [7, 11) is 0. The second kappa shape index (κ2) is 4.42. The average Bonchev–Trinajstić information content (AvgIpc) is 2.88. The summed E-state index contributed by atoms with van der Waals surface area (Å²) in [6.45, 7) is 4.48. The van der Waals surface area contributed by atoms with Gasteiger partial charge in [0.1, 0.15) is 5.82 Å². The Kier molecular flexibility index (Phi) is 2.92. The third-order valence-electron chi connectivity index (χ3n) is 3.87. The molecule has 1 aromatic heterocycles. The molecule has 2 fully saturated rings. The number of hydrogen-bond donors (Lipinski definition) is 1. The highest BCUT2D eigenvalue weighted by molar-refractivity contribution is 6.28. The molecule has 0 saturated carbocycles. The van der Waals surface area contributed by atoms with Crippen LogP contribution < -0.4 is 5.32 Å². The molecule has 5 heteroatoms. The molecular weight excluding hydrogens is 236 g/mol. The van der Waals surface area contributed by atoms with Gasteiger partial charge in [-0.05, 0) is 44.3 Å². The van der Waals surface area contributed by atoms with Gasteiger partial charge in [0.05, 0.1) is 0 Å². The molecule has 0 spiro atoms. The van der Waals surface area contributed by atoms with Crippen molar-refractivity contribution in [3.05, 3.63) is 17.0 Å². The van der Waals surface area contributed by atoms with Gasteiger partial charge in [-0.15, -0.1) is 0 Å². The van der Waals surface area contributed by atoms with E-state index in [1.54, 1.807) is 6.20 Å². The standard InChI is InChI=1S/C12H17ClN4/c1-8-7-14-12(13)16-11(8)15-9-4-6-17-5-2-3-10(9)17/h7,9-10H,2-6H2,1H3,(H,14,15,16). The number of aryl methyl sites for hydroxylation is 1. The number of rotatable bonds is 2. The van der Waals surface area contributed by atoms with Gasteiger partial charge in [-0.3, -0.25) is 4.90 Å². The number of hydrogen-bond acceptors (Lipinski definition) is 4. The number of aromatic nitrogens is 2. The van der Waals surface area contributed by atoms with Crippen LogP contribution in [-0.4, -0.2) is 40.0 Å². The first-order chi connectivity index (χ1) is 8.24. The highest BCUT2D eigenvalue weighted by Crippen LogP contribution is 2.30. The van der Waals surface area contributed by atoms with Crippen LogP contribution in [0.1, 0.15) is 24.8 Å². The number of fused-ring (bicyclic) bond motifs is 1. The summed E-state index contributed by atoms with van der Waals surface area (Å²) in [4.78, 5) is 10.8. The lowest BCUT2D eigenvalue weighted by Crippen LogP contribution is -2.34. The van der Waals surface area contributed by atoms with E-state index in [9.17, 15) is 0 Å². The number of anilines is 1. The molecule has 0 amide bonds. The van der Waals surface area contributed by atoms with Crippen molar-refractivity contribution in [3.63, 3.8) is 0 Å². The fraction of sp³-hybridized carbons (Fsp3) is 0.667. The second-order valence-corrected chi connectivity index (χ2v) is 5.29. The zero-order valence-corrected chi connectivity index (χ0v) is 10.7. The van der Waals surface area contributed by atoms with Gasteiger partial charge >= 0.3 is 0 Å². The van der Waals surface area contributed by atoms with E-state index in [4.69, 9.17) is 11.6 Å². The van der Waals surface area contributed by atoms with E-state index < -0.39 is 0 Å². The Hall–Kier alpha value is -0.870.